The van der Waals surface area contributed by atoms with Gasteiger partial charge in [-0.3, -0.25) is 14.9 Å². The standard InChI is InChI=1S/C21H23ClN2O5S/c1-21(2,3)11-5-7-13-16(9-11)30-19(17(13)20(26)29-4)23-18(25)14-10-12(22)6-8-15(14)24(27)28/h6,8,10-11H,5,7,9H2,1-4H3,(H,23,25)/t11-/m0/s1. The van der Waals surface area contributed by atoms with Crippen LogP contribution in [0.25, 0.3) is 0 Å². The lowest BCUT2D eigenvalue weighted by Crippen LogP contribution is -2.26. The van der Waals surface area contributed by atoms with Crippen LogP contribution in [-0.2, 0) is 17.6 Å². The Morgan fingerprint density at radius 1 is 1.33 bits per heavy atom. The van der Waals surface area contributed by atoms with Crippen molar-refractivity contribution in [2.75, 3.05) is 12.4 Å². The number of carbonyl (C=O) groups is 2. The van der Waals surface area contributed by atoms with Crippen LogP contribution in [-0.4, -0.2) is 23.9 Å². The Labute approximate surface area is 183 Å². The van der Waals surface area contributed by atoms with Crippen molar-refractivity contribution in [3.63, 3.8) is 0 Å². The van der Waals surface area contributed by atoms with Crippen molar-refractivity contribution >= 4 is 45.5 Å². The Morgan fingerprint density at radius 2 is 2.03 bits per heavy atom. The molecule has 1 amide bonds. The van der Waals surface area contributed by atoms with E-state index in [2.05, 4.69) is 26.1 Å². The van der Waals surface area contributed by atoms with Gasteiger partial charge in [-0.1, -0.05) is 32.4 Å². The summed E-state index contributed by atoms with van der Waals surface area (Å²) in [6, 6.07) is 3.79. The minimum atomic E-state index is -0.694. The van der Waals surface area contributed by atoms with Crippen molar-refractivity contribution in [2.24, 2.45) is 11.3 Å². The molecule has 3 rings (SSSR count). The summed E-state index contributed by atoms with van der Waals surface area (Å²) in [6.45, 7) is 6.58. The fourth-order valence-corrected chi connectivity index (χ4v) is 5.23. The molecule has 0 saturated heterocycles. The molecule has 0 aliphatic heterocycles. The SMILES string of the molecule is COC(=O)c1c(NC(=O)c2cc(Cl)ccc2[N+](=O)[O-])sc2c1CC[C@H](C(C)(C)C)C2. The molecule has 30 heavy (non-hydrogen) atoms. The lowest BCUT2D eigenvalue weighted by molar-refractivity contribution is -0.385. The Bertz CT molecular complexity index is 1030. The molecule has 1 aliphatic carbocycles. The van der Waals surface area contributed by atoms with Gasteiger partial charge in [-0.25, -0.2) is 4.79 Å². The van der Waals surface area contributed by atoms with E-state index in [9.17, 15) is 19.7 Å². The molecule has 1 N–H and O–H groups in total. The minimum absolute atomic E-state index is 0.123. The number of methoxy groups -OCH3 is 1. The number of hydrogen-bond donors (Lipinski definition) is 1. The number of nitro groups is 1. The maximum atomic E-state index is 12.9. The van der Waals surface area contributed by atoms with Gasteiger partial charge >= 0.3 is 5.97 Å². The lowest BCUT2D eigenvalue weighted by atomic mass is 9.72. The number of amides is 1. The van der Waals surface area contributed by atoms with Crippen LogP contribution in [0, 0.1) is 21.4 Å². The summed E-state index contributed by atoms with van der Waals surface area (Å²) in [5.41, 5.74) is 0.830. The molecule has 0 fully saturated rings. The van der Waals surface area contributed by atoms with Crippen LogP contribution in [0.5, 0.6) is 0 Å². The monoisotopic (exact) mass is 450 g/mol. The first-order chi connectivity index (χ1) is 14.0. The van der Waals surface area contributed by atoms with Crippen LogP contribution in [0.4, 0.5) is 10.7 Å². The van der Waals surface area contributed by atoms with E-state index >= 15 is 0 Å². The molecule has 160 valence electrons. The van der Waals surface area contributed by atoms with Gasteiger partial charge in [-0.15, -0.1) is 11.3 Å². The van der Waals surface area contributed by atoms with Gasteiger partial charge in [-0.05, 0) is 48.3 Å². The number of nitro benzene ring substituents is 1. The van der Waals surface area contributed by atoms with Gasteiger partial charge in [0.25, 0.3) is 11.6 Å². The number of thiophene rings is 1. The van der Waals surface area contributed by atoms with Crippen molar-refractivity contribution in [3.8, 4) is 0 Å². The van der Waals surface area contributed by atoms with Crippen molar-refractivity contribution in [1.29, 1.82) is 0 Å². The zero-order chi connectivity index (χ0) is 22.2. The number of halogens is 1. The number of hydrogen-bond acceptors (Lipinski definition) is 6. The number of anilines is 1. The molecule has 2 aromatic rings. The Morgan fingerprint density at radius 3 is 2.63 bits per heavy atom. The predicted molar refractivity (Wildman–Crippen MR) is 117 cm³/mol. The van der Waals surface area contributed by atoms with E-state index in [-0.39, 0.29) is 21.7 Å². The highest BCUT2D eigenvalue weighted by Gasteiger charge is 2.34. The van der Waals surface area contributed by atoms with Crippen LogP contribution in [0.15, 0.2) is 18.2 Å². The number of benzene rings is 1. The third-order valence-electron chi connectivity index (χ3n) is 5.51. The minimum Gasteiger partial charge on any atom is -0.465 e. The summed E-state index contributed by atoms with van der Waals surface area (Å²) in [7, 11) is 1.29. The molecule has 0 radical (unpaired) electrons. The summed E-state index contributed by atoms with van der Waals surface area (Å²) >= 11 is 7.27. The normalized spacial score (nSPS) is 16.0. The molecule has 0 saturated carbocycles. The quantitative estimate of drug-likeness (QED) is 0.376. The molecule has 1 aromatic heterocycles. The average Bonchev–Trinajstić information content (AvgIpc) is 3.03. The molecule has 0 spiro atoms. The topological polar surface area (TPSA) is 98.5 Å². The largest absolute Gasteiger partial charge is 0.465 e. The van der Waals surface area contributed by atoms with Crippen molar-refractivity contribution in [3.05, 3.63) is 54.9 Å². The molecule has 0 unspecified atom stereocenters. The van der Waals surface area contributed by atoms with Crippen LogP contribution in [0.1, 0.15) is 58.3 Å². The summed E-state index contributed by atoms with van der Waals surface area (Å²) in [5, 5.41) is 14.6. The van der Waals surface area contributed by atoms with E-state index in [1.807, 2.05) is 0 Å². The average molecular weight is 451 g/mol. The zero-order valence-corrected chi connectivity index (χ0v) is 18.8. The van der Waals surface area contributed by atoms with Gasteiger partial charge in [0.1, 0.15) is 10.6 Å². The number of fused-ring (bicyclic) bond motifs is 1. The van der Waals surface area contributed by atoms with E-state index in [1.165, 1.54) is 36.6 Å². The second-order valence-electron chi connectivity index (χ2n) is 8.38. The molecule has 1 heterocycles. The first-order valence-electron chi connectivity index (χ1n) is 9.51. The maximum absolute atomic E-state index is 12.9. The summed E-state index contributed by atoms with van der Waals surface area (Å²) in [6.07, 6.45) is 2.45. The van der Waals surface area contributed by atoms with Gasteiger partial charge in [-0.2, -0.15) is 0 Å². The number of rotatable bonds is 4. The zero-order valence-electron chi connectivity index (χ0n) is 17.2. The summed E-state index contributed by atoms with van der Waals surface area (Å²) < 4.78 is 4.95. The van der Waals surface area contributed by atoms with Crippen molar-refractivity contribution in [1.82, 2.24) is 0 Å². The van der Waals surface area contributed by atoms with Gasteiger partial charge in [0.05, 0.1) is 17.6 Å². The van der Waals surface area contributed by atoms with Gasteiger partial charge < -0.3 is 10.1 Å². The number of carbonyl (C=O) groups excluding carboxylic acids is 2. The second-order valence-corrected chi connectivity index (χ2v) is 9.92. The van der Waals surface area contributed by atoms with E-state index < -0.39 is 16.8 Å². The van der Waals surface area contributed by atoms with Crippen LogP contribution in [0.3, 0.4) is 0 Å². The Hall–Kier alpha value is -2.45. The van der Waals surface area contributed by atoms with Gasteiger partial charge in [0.15, 0.2) is 0 Å². The highest BCUT2D eigenvalue weighted by atomic mass is 35.5. The van der Waals surface area contributed by atoms with Gasteiger partial charge in [0.2, 0.25) is 0 Å². The predicted octanol–water partition coefficient (Wildman–Crippen LogP) is 5.50. The Kier molecular flexibility index (Phi) is 6.19. The molecular weight excluding hydrogens is 428 g/mol. The molecule has 1 atom stereocenters. The summed E-state index contributed by atoms with van der Waals surface area (Å²) in [5.74, 6) is -0.773. The summed E-state index contributed by atoms with van der Waals surface area (Å²) in [4.78, 5) is 37.1. The molecule has 1 aromatic carbocycles. The van der Waals surface area contributed by atoms with E-state index in [0.29, 0.717) is 22.9 Å². The smallest absolute Gasteiger partial charge is 0.341 e. The fraction of sp³-hybridized carbons (Fsp3) is 0.429. The second kappa shape index (κ2) is 8.35. The highest BCUT2D eigenvalue weighted by molar-refractivity contribution is 7.17. The van der Waals surface area contributed by atoms with Crippen LogP contribution < -0.4 is 5.32 Å². The number of esters is 1. The van der Waals surface area contributed by atoms with Crippen molar-refractivity contribution < 1.29 is 19.2 Å². The van der Waals surface area contributed by atoms with E-state index in [0.717, 1.165) is 23.3 Å². The number of nitrogens with zero attached hydrogens (tertiary/aromatic N) is 1. The molecule has 0 bridgehead atoms. The Balaban J connectivity index is 2.00. The van der Waals surface area contributed by atoms with Gasteiger partial charge in [0, 0.05) is 16.0 Å². The fourth-order valence-electron chi connectivity index (χ4n) is 3.75. The lowest BCUT2D eigenvalue weighted by Gasteiger charge is -2.33. The number of nitrogens with one attached hydrogen (secondary N) is 1. The molecule has 1 aliphatic rings. The number of ether oxygens (including phenoxy) is 1. The highest BCUT2D eigenvalue weighted by Crippen LogP contribution is 2.44. The molecule has 9 heteroatoms. The van der Waals surface area contributed by atoms with E-state index in [4.69, 9.17) is 16.3 Å². The third kappa shape index (κ3) is 4.34. The first-order valence-corrected chi connectivity index (χ1v) is 10.7. The third-order valence-corrected chi connectivity index (χ3v) is 6.91. The van der Waals surface area contributed by atoms with Crippen LogP contribution in [0.2, 0.25) is 5.02 Å². The first kappa shape index (κ1) is 22.2. The van der Waals surface area contributed by atoms with Crippen molar-refractivity contribution in [2.45, 2.75) is 40.0 Å². The molecular formula is C21H23ClN2O5S. The maximum Gasteiger partial charge on any atom is 0.341 e. The van der Waals surface area contributed by atoms with Crippen LogP contribution >= 0.6 is 22.9 Å². The molecule has 7 nitrogen and oxygen atoms in total. The van der Waals surface area contributed by atoms with E-state index in [1.54, 1.807) is 0 Å².